The van der Waals surface area contributed by atoms with Crippen molar-refractivity contribution in [3.63, 3.8) is 0 Å². The molecule has 0 unspecified atom stereocenters. The minimum absolute atomic E-state index is 0.0887. The normalized spacial score (nSPS) is 14.1. The van der Waals surface area contributed by atoms with Gasteiger partial charge >= 0.3 is 0 Å². The molecule has 0 atom stereocenters. The topological polar surface area (TPSA) is 74.7 Å². The molecule has 19 heavy (non-hydrogen) atoms. The van der Waals surface area contributed by atoms with Gasteiger partial charge in [0.1, 0.15) is 5.75 Å². The van der Waals surface area contributed by atoms with Gasteiger partial charge in [-0.2, -0.15) is 0 Å². The fourth-order valence-electron chi connectivity index (χ4n) is 2.42. The first-order chi connectivity index (χ1) is 9.06. The van der Waals surface area contributed by atoms with Gasteiger partial charge < -0.3 is 5.11 Å². The van der Waals surface area contributed by atoms with Gasteiger partial charge in [-0.1, -0.05) is 12.1 Å². The van der Waals surface area contributed by atoms with Crippen molar-refractivity contribution in [2.24, 2.45) is 0 Å². The van der Waals surface area contributed by atoms with Gasteiger partial charge in [0.15, 0.2) is 6.29 Å². The number of benzene rings is 2. The van der Waals surface area contributed by atoms with E-state index in [1.54, 1.807) is 18.2 Å². The molecule has 0 aliphatic carbocycles. The lowest BCUT2D eigenvalue weighted by molar-refractivity contribution is 0.0650. The van der Waals surface area contributed by atoms with Gasteiger partial charge in [0.2, 0.25) is 0 Å². The van der Waals surface area contributed by atoms with Crippen LogP contribution in [0.4, 0.5) is 0 Å². The molecular weight excluding hydrogens is 246 g/mol. The van der Waals surface area contributed by atoms with E-state index in [4.69, 9.17) is 0 Å². The molecule has 2 amide bonds. The number of phenolic OH excluding ortho intramolecular Hbond substituents is 1. The smallest absolute Gasteiger partial charge is 0.261 e. The lowest BCUT2D eigenvalue weighted by Crippen LogP contribution is -2.36. The number of hydrogen-bond donors (Lipinski definition) is 1. The first kappa shape index (κ1) is 11.4. The quantitative estimate of drug-likeness (QED) is 0.620. The number of rotatable bonds is 1. The number of carbonyl (C=O) groups excluding carboxylic acids is 3. The zero-order chi connectivity index (χ0) is 13.7. The van der Waals surface area contributed by atoms with Crippen molar-refractivity contribution in [1.82, 2.24) is 4.90 Å². The highest BCUT2D eigenvalue weighted by atomic mass is 16.3. The second kappa shape index (κ2) is 3.65. The van der Waals surface area contributed by atoms with E-state index in [9.17, 15) is 19.5 Å². The fourth-order valence-corrected chi connectivity index (χ4v) is 2.42. The van der Waals surface area contributed by atoms with Gasteiger partial charge in [-0.3, -0.25) is 19.3 Å². The van der Waals surface area contributed by atoms with Crippen molar-refractivity contribution >= 4 is 28.9 Å². The van der Waals surface area contributed by atoms with Crippen LogP contribution in [0.2, 0.25) is 0 Å². The number of aldehydes is 1. The summed E-state index contributed by atoms with van der Waals surface area (Å²) in [6.07, 6.45) is 0.519. The van der Waals surface area contributed by atoms with Crippen molar-refractivity contribution < 1.29 is 19.5 Å². The van der Waals surface area contributed by atoms with E-state index in [1.807, 2.05) is 0 Å². The van der Waals surface area contributed by atoms with Gasteiger partial charge in [-0.05, 0) is 17.5 Å². The Kier molecular flexibility index (Phi) is 2.19. The molecule has 2 aromatic rings. The molecule has 1 aliphatic heterocycles. The molecule has 0 aromatic heterocycles. The third-order valence-electron chi connectivity index (χ3n) is 3.37. The Balaban J connectivity index is 2.57. The standard InChI is InChI=1S/C14H9NO4/c1-15-13(18)8-4-2-3-7-10(6-16)11(17)5-9(12(7)8)14(15)19/h2-6,17H,1H3. The predicted molar refractivity (Wildman–Crippen MR) is 67.4 cm³/mol. The van der Waals surface area contributed by atoms with Crippen LogP contribution in [-0.2, 0) is 0 Å². The molecule has 0 saturated carbocycles. The molecule has 3 rings (SSSR count). The maximum atomic E-state index is 12.1. The second-order valence-corrected chi connectivity index (χ2v) is 4.37. The number of carbonyl (C=O) groups is 3. The molecule has 2 aromatic carbocycles. The summed E-state index contributed by atoms with van der Waals surface area (Å²) in [4.78, 5) is 36.2. The molecule has 5 heteroatoms. The molecule has 1 heterocycles. The number of phenols is 1. The Morgan fingerprint density at radius 1 is 1.16 bits per heavy atom. The summed E-state index contributed by atoms with van der Waals surface area (Å²) in [5, 5.41) is 10.7. The number of nitrogens with zero attached hydrogens (tertiary/aromatic N) is 1. The number of aromatic hydroxyl groups is 1. The summed E-state index contributed by atoms with van der Waals surface area (Å²) in [5.74, 6) is -1.15. The Morgan fingerprint density at radius 2 is 1.84 bits per heavy atom. The molecule has 0 bridgehead atoms. The molecule has 1 N–H and O–H groups in total. The molecular formula is C14H9NO4. The summed E-state index contributed by atoms with van der Waals surface area (Å²) in [6.45, 7) is 0. The largest absolute Gasteiger partial charge is 0.507 e. The lowest BCUT2D eigenvalue weighted by Gasteiger charge is -2.24. The van der Waals surface area contributed by atoms with Crippen LogP contribution in [-0.4, -0.2) is 35.2 Å². The van der Waals surface area contributed by atoms with Gasteiger partial charge in [-0.15, -0.1) is 0 Å². The SMILES string of the molecule is CN1C(=O)c2cccc3c(C=O)c(O)cc(c23)C1=O. The van der Waals surface area contributed by atoms with Crippen molar-refractivity contribution in [3.8, 4) is 5.75 Å². The second-order valence-electron chi connectivity index (χ2n) is 4.37. The first-order valence-electron chi connectivity index (χ1n) is 5.62. The molecule has 0 radical (unpaired) electrons. The van der Waals surface area contributed by atoms with Gasteiger partial charge in [-0.25, -0.2) is 0 Å². The summed E-state index contributed by atoms with van der Waals surface area (Å²) in [6, 6.07) is 6.07. The number of imide groups is 1. The number of hydrogen-bond acceptors (Lipinski definition) is 4. The highest BCUT2D eigenvalue weighted by Gasteiger charge is 2.31. The Morgan fingerprint density at radius 3 is 2.53 bits per heavy atom. The lowest BCUT2D eigenvalue weighted by atomic mass is 9.91. The van der Waals surface area contributed by atoms with Crippen LogP contribution >= 0.6 is 0 Å². The molecule has 5 nitrogen and oxygen atoms in total. The molecule has 0 fully saturated rings. The van der Waals surface area contributed by atoms with E-state index in [-0.39, 0.29) is 16.9 Å². The zero-order valence-electron chi connectivity index (χ0n) is 10.0. The average Bonchev–Trinajstić information content (AvgIpc) is 2.42. The van der Waals surface area contributed by atoms with E-state index >= 15 is 0 Å². The minimum atomic E-state index is -0.485. The van der Waals surface area contributed by atoms with Crippen LogP contribution in [0.15, 0.2) is 24.3 Å². The van der Waals surface area contributed by atoms with Crippen molar-refractivity contribution in [2.75, 3.05) is 7.05 Å². The van der Waals surface area contributed by atoms with Crippen LogP contribution in [0, 0.1) is 0 Å². The van der Waals surface area contributed by atoms with Gasteiger partial charge in [0.05, 0.1) is 11.1 Å². The van der Waals surface area contributed by atoms with Crippen molar-refractivity contribution in [2.45, 2.75) is 0 Å². The number of amides is 2. The van der Waals surface area contributed by atoms with E-state index in [1.165, 1.54) is 13.1 Å². The first-order valence-corrected chi connectivity index (χ1v) is 5.62. The molecule has 1 aliphatic rings. The maximum Gasteiger partial charge on any atom is 0.261 e. The predicted octanol–water partition coefficient (Wildman–Crippen LogP) is 1.58. The summed E-state index contributed by atoms with van der Waals surface area (Å²) in [7, 11) is 1.39. The van der Waals surface area contributed by atoms with Crippen LogP contribution in [0.1, 0.15) is 31.1 Å². The molecule has 0 spiro atoms. The molecule has 0 saturated heterocycles. The third kappa shape index (κ3) is 1.32. The van der Waals surface area contributed by atoms with E-state index in [0.717, 1.165) is 4.90 Å². The van der Waals surface area contributed by atoms with Gasteiger partial charge in [0, 0.05) is 18.0 Å². The Labute approximate surface area is 108 Å². The highest BCUT2D eigenvalue weighted by Crippen LogP contribution is 2.35. The summed E-state index contributed by atoms with van der Waals surface area (Å²) < 4.78 is 0. The van der Waals surface area contributed by atoms with Crippen LogP contribution < -0.4 is 0 Å². The Hall–Kier alpha value is -2.69. The monoisotopic (exact) mass is 255 g/mol. The highest BCUT2D eigenvalue weighted by molar-refractivity contribution is 6.27. The minimum Gasteiger partial charge on any atom is -0.507 e. The van der Waals surface area contributed by atoms with Crippen molar-refractivity contribution in [3.05, 3.63) is 41.0 Å². The van der Waals surface area contributed by atoms with Crippen LogP contribution in [0.3, 0.4) is 0 Å². The third-order valence-corrected chi connectivity index (χ3v) is 3.37. The molecule has 94 valence electrons. The van der Waals surface area contributed by atoms with Crippen LogP contribution in [0.5, 0.6) is 5.75 Å². The van der Waals surface area contributed by atoms with E-state index in [2.05, 4.69) is 0 Å². The van der Waals surface area contributed by atoms with Crippen molar-refractivity contribution in [1.29, 1.82) is 0 Å². The maximum absolute atomic E-state index is 12.1. The van der Waals surface area contributed by atoms with E-state index < -0.39 is 11.8 Å². The van der Waals surface area contributed by atoms with E-state index in [0.29, 0.717) is 22.6 Å². The van der Waals surface area contributed by atoms with Crippen LogP contribution in [0.25, 0.3) is 10.8 Å². The summed E-state index contributed by atoms with van der Waals surface area (Å²) in [5.41, 5.74) is 0.680. The fraction of sp³-hybridized carbons (Fsp3) is 0.0714. The summed E-state index contributed by atoms with van der Waals surface area (Å²) >= 11 is 0. The Bertz CT molecular complexity index is 764. The zero-order valence-corrected chi connectivity index (χ0v) is 10.0. The van der Waals surface area contributed by atoms with Gasteiger partial charge in [0.25, 0.3) is 11.8 Å². The average molecular weight is 255 g/mol.